The second-order valence-electron chi connectivity index (χ2n) is 5.57. The van der Waals surface area contributed by atoms with Gasteiger partial charge in [0.2, 0.25) is 0 Å². The van der Waals surface area contributed by atoms with E-state index in [0.29, 0.717) is 29.4 Å². The quantitative estimate of drug-likeness (QED) is 0.458. The first-order valence-electron chi connectivity index (χ1n) is 7.77. The Bertz CT molecular complexity index is 745. The van der Waals surface area contributed by atoms with Crippen molar-refractivity contribution in [1.82, 2.24) is 5.32 Å². The summed E-state index contributed by atoms with van der Waals surface area (Å²) in [5, 5.41) is 12.8. The molecule has 25 heavy (non-hydrogen) atoms. The molecular formula is C18H19Cl2NO3S. The molecule has 4 nitrogen and oxygen atoms in total. The van der Waals surface area contributed by atoms with Crippen LogP contribution < -0.4 is 10.1 Å². The Morgan fingerprint density at radius 3 is 2.56 bits per heavy atom. The number of aryl methyl sites for hydroxylation is 1. The number of halogens is 2. The lowest BCUT2D eigenvalue weighted by Crippen LogP contribution is -2.25. The van der Waals surface area contributed by atoms with Crippen LogP contribution in [0.4, 0.5) is 0 Å². The van der Waals surface area contributed by atoms with Crippen molar-refractivity contribution in [2.45, 2.75) is 24.7 Å². The third-order valence-electron chi connectivity index (χ3n) is 3.48. The molecule has 0 aliphatic heterocycles. The lowest BCUT2D eigenvalue weighted by atomic mass is 10.1. The smallest absolute Gasteiger partial charge is 0.252 e. The molecule has 7 heteroatoms. The number of unbranched alkanes of at least 4 members (excludes halogenated alkanes) is 1. The minimum absolute atomic E-state index is 0.00947. The molecule has 0 heterocycles. The van der Waals surface area contributed by atoms with Gasteiger partial charge in [0.1, 0.15) is 5.75 Å². The first-order valence-corrected chi connectivity index (χ1v) is 8.97. The molecule has 0 radical (unpaired) electrons. The van der Waals surface area contributed by atoms with Crippen LogP contribution in [0.3, 0.4) is 0 Å². The summed E-state index contributed by atoms with van der Waals surface area (Å²) in [4.78, 5) is 12.8. The van der Waals surface area contributed by atoms with Gasteiger partial charge in [0.05, 0.1) is 22.2 Å². The molecule has 134 valence electrons. The summed E-state index contributed by atoms with van der Waals surface area (Å²) in [6.45, 7) is 2.86. The number of aromatic hydroxyl groups is 1. The number of benzene rings is 2. The molecule has 1 amide bonds. The summed E-state index contributed by atoms with van der Waals surface area (Å²) >= 11 is 16.3. The highest BCUT2D eigenvalue weighted by molar-refractivity contribution is 7.80. The molecule has 0 aliphatic carbocycles. The Balaban J connectivity index is 1.73. The van der Waals surface area contributed by atoms with Crippen LogP contribution in [0, 0.1) is 6.92 Å². The molecule has 0 bridgehead atoms. The number of rotatable bonds is 7. The maximum absolute atomic E-state index is 12.1. The third kappa shape index (κ3) is 5.73. The van der Waals surface area contributed by atoms with E-state index in [4.69, 9.17) is 27.9 Å². The zero-order chi connectivity index (χ0) is 18.4. The zero-order valence-electron chi connectivity index (χ0n) is 13.7. The average Bonchev–Trinajstić information content (AvgIpc) is 2.54. The van der Waals surface area contributed by atoms with Crippen LogP contribution in [-0.2, 0) is 0 Å². The van der Waals surface area contributed by atoms with Crippen molar-refractivity contribution in [2.75, 3.05) is 13.2 Å². The summed E-state index contributed by atoms with van der Waals surface area (Å²) in [5.74, 6) is 0.202. The highest BCUT2D eigenvalue weighted by Crippen LogP contribution is 2.36. The predicted octanol–water partition coefficient (Wildman–Crippen LogP) is 4.89. The number of amides is 1. The normalized spacial score (nSPS) is 10.6. The highest BCUT2D eigenvalue weighted by atomic mass is 35.5. The second kappa shape index (κ2) is 9.22. The summed E-state index contributed by atoms with van der Waals surface area (Å²) in [6, 6.07) is 8.29. The summed E-state index contributed by atoms with van der Waals surface area (Å²) in [6.07, 6.45) is 1.46. The Morgan fingerprint density at radius 2 is 1.88 bits per heavy atom. The summed E-state index contributed by atoms with van der Waals surface area (Å²) in [7, 11) is 0. The molecule has 0 unspecified atom stereocenters. The molecular weight excluding hydrogens is 381 g/mol. The van der Waals surface area contributed by atoms with Crippen LogP contribution in [-0.4, -0.2) is 24.2 Å². The van der Waals surface area contributed by atoms with Gasteiger partial charge in [-0.05, 0) is 31.9 Å². The van der Waals surface area contributed by atoms with Crippen molar-refractivity contribution < 1.29 is 14.6 Å². The van der Waals surface area contributed by atoms with Crippen molar-refractivity contribution in [2.24, 2.45) is 0 Å². The van der Waals surface area contributed by atoms with Crippen molar-refractivity contribution >= 4 is 41.7 Å². The van der Waals surface area contributed by atoms with Crippen molar-refractivity contribution in [1.29, 1.82) is 0 Å². The van der Waals surface area contributed by atoms with Crippen molar-refractivity contribution in [3.8, 4) is 11.5 Å². The van der Waals surface area contributed by atoms with Crippen LogP contribution in [0.1, 0.15) is 28.8 Å². The number of hydrogen-bond acceptors (Lipinski definition) is 4. The molecule has 0 saturated carbocycles. The number of carbonyl (C=O) groups excluding carboxylic acids is 1. The number of phenols is 1. The van der Waals surface area contributed by atoms with Gasteiger partial charge in [0, 0.05) is 23.6 Å². The van der Waals surface area contributed by atoms with Gasteiger partial charge in [-0.15, -0.1) is 12.6 Å². The minimum Gasteiger partial charge on any atom is -0.508 e. The van der Waals surface area contributed by atoms with Crippen LogP contribution in [0.2, 0.25) is 10.0 Å². The largest absolute Gasteiger partial charge is 0.508 e. The molecule has 2 aromatic rings. The molecule has 0 saturated heterocycles. The van der Waals surface area contributed by atoms with Gasteiger partial charge in [-0.25, -0.2) is 0 Å². The van der Waals surface area contributed by atoms with Crippen LogP contribution in [0.5, 0.6) is 11.5 Å². The van der Waals surface area contributed by atoms with Gasteiger partial charge in [-0.3, -0.25) is 4.79 Å². The van der Waals surface area contributed by atoms with Crippen LogP contribution in [0.25, 0.3) is 0 Å². The van der Waals surface area contributed by atoms with Gasteiger partial charge in [0.15, 0.2) is 5.75 Å². The fourth-order valence-electron chi connectivity index (χ4n) is 2.21. The Hall–Kier alpha value is -1.56. The Morgan fingerprint density at radius 1 is 1.20 bits per heavy atom. The number of nitrogens with one attached hydrogen (secondary N) is 1. The lowest BCUT2D eigenvalue weighted by Gasteiger charge is -2.11. The Labute approximate surface area is 162 Å². The van der Waals surface area contributed by atoms with E-state index in [0.717, 1.165) is 18.4 Å². The van der Waals surface area contributed by atoms with Crippen molar-refractivity contribution in [3.05, 3.63) is 51.5 Å². The first kappa shape index (κ1) is 19.8. The Kier molecular flexibility index (Phi) is 7.29. The topological polar surface area (TPSA) is 58.6 Å². The van der Waals surface area contributed by atoms with Crippen LogP contribution >= 0.6 is 35.8 Å². The lowest BCUT2D eigenvalue weighted by molar-refractivity contribution is 0.0949. The van der Waals surface area contributed by atoms with Gasteiger partial charge >= 0.3 is 0 Å². The number of thiol groups is 1. The maximum atomic E-state index is 12.1. The van der Waals surface area contributed by atoms with Crippen LogP contribution in [0.15, 0.2) is 35.2 Å². The summed E-state index contributed by atoms with van der Waals surface area (Å²) in [5.41, 5.74) is 1.58. The molecule has 0 aliphatic rings. The van der Waals surface area contributed by atoms with Gasteiger partial charge < -0.3 is 15.2 Å². The second-order valence-corrected chi connectivity index (χ2v) is 6.87. The maximum Gasteiger partial charge on any atom is 0.252 e. The van der Waals surface area contributed by atoms with Gasteiger partial charge in [0.25, 0.3) is 5.91 Å². The van der Waals surface area contributed by atoms with Crippen molar-refractivity contribution in [3.63, 3.8) is 0 Å². The fourth-order valence-corrected chi connectivity index (χ4v) is 3.04. The van der Waals surface area contributed by atoms with Gasteiger partial charge in [-0.1, -0.05) is 34.8 Å². The van der Waals surface area contributed by atoms with E-state index >= 15 is 0 Å². The van der Waals surface area contributed by atoms with E-state index in [1.54, 1.807) is 0 Å². The molecule has 2 aromatic carbocycles. The van der Waals surface area contributed by atoms with E-state index in [-0.39, 0.29) is 21.7 Å². The molecule has 0 atom stereocenters. The molecule has 0 aromatic heterocycles. The third-order valence-corrected chi connectivity index (χ3v) is 4.43. The molecule has 2 rings (SSSR count). The molecule has 2 N–H and O–H groups in total. The number of hydrogen-bond donors (Lipinski definition) is 3. The van der Waals surface area contributed by atoms with E-state index in [1.165, 1.54) is 12.1 Å². The SMILES string of the molecule is Cc1ccc(S)c(C(=O)NCCCCOc2c(Cl)cc(O)cc2Cl)c1. The predicted molar refractivity (Wildman–Crippen MR) is 104 cm³/mol. The molecule has 0 fully saturated rings. The number of carbonyl (C=O) groups is 1. The first-order chi connectivity index (χ1) is 11.9. The number of phenolic OH excluding ortho intramolecular Hbond substituents is 1. The van der Waals surface area contributed by atoms with E-state index in [2.05, 4.69) is 17.9 Å². The monoisotopic (exact) mass is 399 g/mol. The zero-order valence-corrected chi connectivity index (χ0v) is 16.1. The summed E-state index contributed by atoms with van der Waals surface area (Å²) < 4.78 is 5.55. The average molecular weight is 400 g/mol. The standard InChI is InChI=1S/C18H19Cl2NO3S/c1-11-4-5-16(25)13(8-11)18(23)21-6-2-3-7-24-17-14(19)9-12(22)10-15(17)20/h4-5,8-10,22,25H,2-3,6-7H2,1H3,(H,21,23). The van der Waals surface area contributed by atoms with E-state index in [9.17, 15) is 9.90 Å². The number of ether oxygens (including phenoxy) is 1. The minimum atomic E-state index is -0.140. The molecule has 0 spiro atoms. The van der Waals surface area contributed by atoms with Gasteiger partial charge in [-0.2, -0.15) is 0 Å². The van der Waals surface area contributed by atoms with E-state index < -0.39 is 0 Å². The van der Waals surface area contributed by atoms with E-state index in [1.807, 2.05) is 25.1 Å². The highest BCUT2D eigenvalue weighted by Gasteiger charge is 2.10. The fraction of sp³-hybridized carbons (Fsp3) is 0.278.